The van der Waals surface area contributed by atoms with Crippen molar-refractivity contribution in [2.75, 3.05) is 7.11 Å². The summed E-state index contributed by atoms with van der Waals surface area (Å²) in [5.41, 5.74) is 3.71. The van der Waals surface area contributed by atoms with Crippen LogP contribution < -0.4 is 4.74 Å². The van der Waals surface area contributed by atoms with Gasteiger partial charge in [-0.3, -0.25) is 0 Å². The Morgan fingerprint density at radius 1 is 1.16 bits per heavy atom. The molecule has 6 nitrogen and oxygen atoms in total. The smallest absolute Gasteiger partial charge is 0.248 e. The summed E-state index contributed by atoms with van der Waals surface area (Å²) in [6, 6.07) is 13.4. The number of benzene rings is 2. The van der Waals surface area contributed by atoms with Gasteiger partial charge in [-0.2, -0.15) is 10.1 Å². The molecule has 0 amide bonds. The molecule has 1 aliphatic rings. The van der Waals surface area contributed by atoms with Crippen molar-refractivity contribution in [3.63, 3.8) is 0 Å². The molecule has 4 rings (SSSR count). The summed E-state index contributed by atoms with van der Waals surface area (Å²) in [6.07, 6.45) is 2.13. The van der Waals surface area contributed by atoms with E-state index in [-0.39, 0.29) is 11.8 Å². The van der Waals surface area contributed by atoms with Crippen molar-refractivity contribution in [3.8, 4) is 11.5 Å². The van der Waals surface area contributed by atoms with Crippen molar-refractivity contribution in [1.29, 1.82) is 0 Å². The second-order valence-electron chi connectivity index (χ2n) is 6.08. The number of aromatic hydroxyl groups is 1. The number of aryl methyl sites for hydroxylation is 1. The van der Waals surface area contributed by atoms with Gasteiger partial charge in [-0.1, -0.05) is 23.8 Å². The molecular weight excluding hydrogens is 316 g/mol. The number of aromatic nitrogens is 3. The van der Waals surface area contributed by atoms with Crippen LogP contribution in [0.1, 0.15) is 29.2 Å². The zero-order chi connectivity index (χ0) is 17.4. The maximum absolute atomic E-state index is 10.3. The minimum Gasteiger partial charge on any atom is -0.507 e. The Hall–Kier alpha value is -3.15. The van der Waals surface area contributed by atoms with Crippen LogP contribution in [0.3, 0.4) is 0 Å². The van der Waals surface area contributed by atoms with E-state index >= 15 is 0 Å². The molecule has 2 heterocycles. The van der Waals surface area contributed by atoms with Gasteiger partial charge in [-0.25, -0.2) is 9.67 Å². The summed E-state index contributed by atoms with van der Waals surface area (Å²) in [7, 11) is 1.65. The minimum absolute atomic E-state index is 0.0316. The van der Waals surface area contributed by atoms with Gasteiger partial charge in [0.15, 0.2) is 0 Å². The van der Waals surface area contributed by atoms with Crippen LogP contribution in [0.15, 0.2) is 53.8 Å². The Kier molecular flexibility index (Phi) is 3.72. The molecule has 1 aliphatic heterocycles. The average Bonchev–Trinajstić information content (AvgIpc) is 3.11. The lowest BCUT2D eigenvalue weighted by Gasteiger charge is -2.24. The highest BCUT2D eigenvalue weighted by Crippen LogP contribution is 2.34. The first-order chi connectivity index (χ1) is 12.2. The zero-order valence-corrected chi connectivity index (χ0v) is 14.0. The maximum Gasteiger partial charge on any atom is 0.248 e. The van der Waals surface area contributed by atoms with E-state index in [2.05, 4.69) is 15.1 Å². The Morgan fingerprint density at radius 2 is 1.96 bits per heavy atom. The first-order valence-corrected chi connectivity index (χ1v) is 8.06. The van der Waals surface area contributed by atoms with Crippen molar-refractivity contribution in [3.05, 3.63) is 65.5 Å². The summed E-state index contributed by atoms with van der Waals surface area (Å²) in [6.45, 7) is 2.00. The van der Waals surface area contributed by atoms with Crippen molar-refractivity contribution in [1.82, 2.24) is 14.8 Å². The van der Waals surface area contributed by atoms with Crippen molar-refractivity contribution < 1.29 is 9.84 Å². The number of phenols is 1. The van der Waals surface area contributed by atoms with Gasteiger partial charge in [0.1, 0.15) is 17.8 Å². The number of methoxy groups -OCH3 is 1. The molecule has 0 fully saturated rings. The average molecular weight is 334 g/mol. The quantitative estimate of drug-likeness (QED) is 0.796. The Balaban J connectivity index is 1.78. The molecule has 0 spiro atoms. The number of ether oxygens (including phenoxy) is 1. The van der Waals surface area contributed by atoms with Gasteiger partial charge in [0.05, 0.1) is 18.9 Å². The minimum atomic E-state index is -0.0316. The molecular formula is C19H18N4O2. The second kappa shape index (κ2) is 6.05. The molecule has 1 N–H and O–H groups in total. The van der Waals surface area contributed by atoms with Crippen LogP contribution in [0.5, 0.6) is 11.5 Å². The lowest BCUT2D eigenvalue weighted by atomic mass is 9.95. The molecule has 1 aromatic heterocycles. The van der Waals surface area contributed by atoms with Gasteiger partial charge in [0, 0.05) is 12.0 Å². The van der Waals surface area contributed by atoms with E-state index < -0.39 is 0 Å². The molecule has 0 saturated carbocycles. The normalized spacial score (nSPS) is 16.2. The molecule has 2 aromatic carbocycles. The largest absolute Gasteiger partial charge is 0.507 e. The second-order valence-corrected chi connectivity index (χ2v) is 6.08. The van der Waals surface area contributed by atoms with Gasteiger partial charge < -0.3 is 9.84 Å². The molecule has 0 radical (unpaired) electrons. The fraction of sp³-hybridized carbons (Fsp3) is 0.211. The lowest BCUT2D eigenvalue weighted by Crippen LogP contribution is -2.21. The van der Waals surface area contributed by atoms with Crippen molar-refractivity contribution in [2.45, 2.75) is 19.4 Å². The fourth-order valence-corrected chi connectivity index (χ4v) is 3.12. The van der Waals surface area contributed by atoms with Gasteiger partial charge in [0.2, 0.25) is 5.95 Å². The highest BCUT2D eigenvalue weighted by atomic mass is 16.5. The predicted molar refractivity (Wildman–Crippen MR) is 94.8 cm³/mol. The maximum atomic E-state index is 10.3. The van der Waals surface area contributed by atoms with E-state index in [4.69, 9.17) is 4.74 Å². The van der Waals surface area contributed by atoms with E-state index in [0.717, 1.165) is 28.2 Å². The number of fused-ring (bicyclic) bond motifs is 1. The van der Waals surface area contributed by atoms with E-state index in [9.17, 15) is 5.11 Å². The number of hydrogen-bond acceptors (Lipinski definition) is 5. The molecule has 0 saturated heterocycles. The first kappa shape index (κ1) is 15.4. The predicted octanol–water partition coefficient (Wildman–Crippen LogP) is 3.41. The number of rotatable bonds is 3. The van der Waals surface area contributed by atoms with E-state index in [0.29, 0.717) is 12.4 Å². The topological polar surface area (TPSA) is 72.5 Å². The van der Waals surface area contributed by atoms with Crippen LogP contribution in [0.4, 0.5) is 5.95 Å². The SMILES string of the molecule is COc1ccc(C2CC(c3cc(C)ccc3O)=Nc3ncnn32)cc1. The van der Waals surface area contributed by atoms with Gasteiger partial charge in [0.25, 0.3) is 0 Å². The Labute approximate surface area is 145 Å². The first-order valence-electron chi connectivity index (χ1n) is 8.06. The Bertz CT molecular complexity index is 944. The highest BCUT2D eigenvalue weighted by Gasteiger charge is 2.27. The monoisotopic (exact) mass is 334 g/mol. The van der Waals surface area contributed by atoms with E-state index in [1.54, 1.807) is 13.2 Å². The van der Waals surface area contributed by atoms with Crippen LogP contribution >= 0.6 is 0 Å². The highest BCUT2D eigenvalue weighted by molar-refractivity contribution is 6.05. The van der Waals surface area contributed by atoms with Crippen LogP contribution in [0.25, 0.3) is 0 Å². The van der Waals surface area contributed by atoms with Gasteiger partial charge >= 0.3 is 0 Å². The molecule has 1 unspecified atom stereocenters. The lowest BCUT2D eigenvalue weighted by molar-refractivity contribution is 0.414. The van der Waals surface area contributed by atoms with Gasteiger partial charge in [-0.15, -0.1) is 0 Å². The molecule has 6 heteroatoms. The fourth-order valence-electron chi connectivity index (χ4n) is 3.12. The summed E-state index contributed by atoms with van der Waals surface area (Å²) < 4.78 is 7.06. The molecule has 0 aliphatic carbocycles. The van der Waals surface area contributed by atoms with Crippen LogP contribution in [0, 0.1) is 6.92 Å². The van der Waals surface area contributed by atoms with E-state index in [1.807, 2.05) is 48.0 Å². The zero-order valence-electron chi connectivity index (χ0n) is 14.0. The number of nitrogens with zero attached hydrogens (tertiary/aromatic N) is 4. The molecule has 0 bridgehead atoms. The van der Waals surface area contributed by atoms with Crippen LogP contribution in [0.2, 0.25) is 0 Å². The third kappa shape index (κ3) is 2.76. The summed E-state index contributed by atoms with van der Waals surface area (Å²) >= 11 is 0. The van der Waals surface area contributed by atoms with Gasteiger partial charge in [-0.05, 0) is 36.8 Å². The Morgan fingerprint density at radius 3 is 2.72 bits per heavy atom. The summed E-state index contributed by atoms with van der Waals surface area (Å²) in [4.78, 5) is 8.86. The number of hydrogen-bond donors (Lipinski definition) is 1. The number of phenolic OH excluding ortho intramolecular Hbond substituents is 1. The standard InChI is InChI=1S/C19H18N4O2/c1-12-3-8-18(24)15(9-12)16-10-17(23-19(22-16)20-11-21-23)13-4-6-14(25-2)7-5-13/h3-9,11,17,24H,10H2,1-2H3. The molecule has 126 valence electrons. The van der Waals surface area contributed by atoms with Crippen molar-refractivity contribution >= 4 is 11.7 Å². The van der Waals surface area contributed by atoms with E-state index in [1.165, 1.54) is 6.33 Å². The summed E-state index contributed by atoms with van der Waals surface area (Å²) in [5.74, 6) is 1.58. The van der Waals surface area contributed by atoms with Crippen molar-refractivity contribution in [2.24, 2.45) is 4.99 Å². The number of aliphatic imine (C=N–C) groups is 1. The van der Waals surface area contributed by atoms with Crippen LogP contribution in [-0.2, 0) is 0 Å². The molecule has 3 aromatic rings. The third-order valence-electron chi connectivity index (χ3n) is 4.43. The molecule has 25 heavy (non-hydrogen) atoms. The summed E-state index contributed by atoms with van der Waals surface area (Å²) in [5, 5.41) is 14.6. The third-order valence-corrected chi connectivity index (χ3v) is 4.43. The molecule has 1 atom stereocenters. The van der Waals surface area contributed by atoms with Crippen LogP contribution in [-0.4, -0.2) is 32.7 Å².